The van der Waals surface area contributed by atoms with Crippen molar-refractivity contribution in [2.24, 2.45) is 5.92 Å². The lowest BCUT2D eigenvalue weighted by atomic mass is 9.62. The molecular weight excluding hydrogens is 524 g/mol. The van der Waals surface area contributed by atoms with Crippen molar-refractivity contribution in [1.29, 1.82) is 0 Å². The normalized spacial score (nSPS) is 23.1. The number of amides is 1. The molecule has 0 bridgehead atoms. The van der Waals surface area contributed by atoms with Gasteiger partial charge in [-0.25, -0.2) is 0 Å². The van der Waals surface area contributed by atoms with Crippen molar-refractivity contribution in [1.82, 2.24) is 4.90 Å². The Labute approximate surface area is 243 Å². The van der Waals surface area contributed by atoms with Crippen molar-refractivity contribution < 1.29 is 19.1 Å². The van der Waals surface area contributed by atoms with Gasteiger partial charge in [-0.1, -0.05) is 97.6 Å². The number of Topliss-reactive ketones (excluding diaryl/α,β-unsaturated/α-hetero) is 2. The van der Waals surface area contributed by atoms with Gasteiger partial charge in [0.1, 0.15) is 23.8 Å². The van der Waals surface area contributed by atoms with Gasteiger partial charge in [-0.05, 0) is 41.0 Å². The standard InChI is InChI=1S/C36H28N2O4/c1-2-21-42-26-15-10-14-25(22-26)32(39)30-31(33(40)24-12-4-3-5-13-24)38-20-19-23-11-6-7-16-27(23)34(38)36(30)28-17-8-9-18-29(28)37-35(36)41/h2-20,22,30-31,34H,1,21H2,(H,37,41)/t30-,31+,34+,36-/m0/s1. The number of ketones is 2. The van der Waals surface area contributed by atoms with Gasteiger partial charge in [0, 0.05) is 23.0 Å². The summed E-state index contributed by atoms with van der Waals surface area (Å²) in [7, 11) is 0. The molecule has 6 heteroatoms. The first-order chi connectivity index (χ1) is 20.6. The Balaban J connectivity index is 1.50. The van der Waals surface area contributed by atoms with Crippen LogP contribution in [0.25, 0.3) is 6.08 Å². The summed E-state index contributed by atoms with van der Waals surface area (Å²) in [6.45, 7) is 3.99. The number of carbonyl (C=O) groups is 3. The average Bonchev–Trinajstić information content (AvgIpc) is 3.52. The van der Waals surface area contributed by atoms with Gasteiger partial charge in [0.2, 0.25) is 5.91 Å². The van der Waals surface area contributed by atoms with Gasteiger partial charge in [0.15, 0.2) is 11.6 Å². The minimum Gasteiger partial charge on any atom is -0.490 e. The van der Waals surface area contributed by atoms with E-state index in [9.17, 15) is 14.4 Å². The van der Waals surface area contributed by atoms with Crippen LogP contribution in [0, 0.1) is 5.92 Å². The lowest BCUT2D eigenvalue weighted by Crippen LogP contribution is -2.49. The number of rotatable bonds is 7. The summed E-state index contributed by atoms with van der Waals surface area (Å²) in [6, 6.07) is 29.8. The SMILES string of the molecule is C=CCOc1cccc(C(=O)[C@@H]2[C@H](C(=O)c3ccccc3)N3C=Cc4ccccc4[C@@H]3[C@@]23C(=O)Nc2ccccc23)c1. The van der Waals surface area contributed by atoms with Gasteiger partial charge in [-0.15, -0.1) is 0 Å². The van der Waals surface area contributed by atoms with Crippen molar-refractivity contribution in [2.45, 2.75) is 17.5 Å². The first-order valence-electron chi connectivity index (χ1n) is 14.0. The van der Waals surface area contributed by atoms with E-state index in [2.05, 4.69) is 11.9 Å². The van der Waals surface area contributed by atoms with E-state index in [0.29, 0.717) is 22.6 Å². The molecule has 0 aliphatic carbocycles. The molecule has 1 N–H and O–H groups in total. The fourth-order valence-electron chi connectivity index (χ4n) is 7.01. The first kappa shape index (κ1) is 25.7. The van der Waals surface area contributed by atoms with E-state index in [4.69, 9.17) is 4.74 Å². The Bertz CT molecular complexity index is 1780. The van der Waals surface area contributed by atoms with Crippen LogP contribution in [-0.2, 0) is 10.2 Å². The highest BCUT2D eigenvalue weighted by Crippen LogP contribution is 2.62. The van der Waals surface area contributed by atoms with E-state index in [0.717, 1.165) is 16.7 Å². The Kier molecular flexibility index (Phi) is 6.12. The van der Waals surface area contributed by atoms with Crippen molar-refractivity contribution in [3.8, 4) is 5.75 Å². The Hall–Kier alpha value is -5.23. The molecule has 6 nitrogen and oxygen atoms in total. The molecule has 4 aromatic carbocycles. The highest BCUT2D eigenvalue weighted by molar-refractivity contribution is 6.16. The molecule has 42 heavy (non-hydrogen) atoms. The molecule has 0 saturated carbocycles. The van der Waals surface area contributed by atoms with E-state index >= 15 is 0 Å². The Morgan fingerprint density at radius 2 is 1.62 bits per heavy atom. The number of anilines is 1. The molecule has 206 valence electrons. The maximum atomic E-state index is 14.9. The highest BCUT2D eigenvalue weighted by atomic mass is 16.5. The second-order valence-corrected chi connectivity index (χ2v) is 10.8. The summed E-state index contributed by atoms with van der Waals surface area (Å²) in [5.41, 5.74) is 2.71. The molecule has 1 amide bonds. The molecule has 0 aromatic heterocycles. The second kappa shape index (κ2) is 10.00. The summed E-state index contributed by atoms with van der Waals surface area (Å²) in [5, 5.41) is 3.08. The maximum absolute atomic E-state index is 14.9. The molecule has 3 heterocycles. The van der Waals surface area contributed by atoms with Crippen LogP contribution in [-0.4, -0.2) is 35.0 Å². The molecular formula is C36H28N2O4. The van der Waals surface area contributed by atoms with E-state index in [1.54, 1.807) is 42.5 Å². The van der Waals surface area contributed by atoms with Crippen LogP contribution in [0.5, 0.6) is 5.75 Å². The number of fused-ring (bicyclic) bond motifs is 6. The number of carbonyl (C=O) groups excluding carboxylic acids is 3. The van der Waals surface area contributed by atoms with Gasteiger partial charge >= 0.3 is 0 Å². The number of nitrogens with one attached hydrogen (secondary N) is 1. The number of hydrogen-bond donors (Lipinski definition) is 1. The Morgan fingerprint density at radius 3 is 2.45 bits per heavy atom. The van der Waals surface area contributed by atoms with Crippen LogP contribution in [0.1, 0.15) is 43.4 Å². The van der Waals surface area contributed by atoms with E-state index < -0.39 is 23.4 Å². The molecule has 1 fully saturated rings. The van der Waals surface area contributed by atoms with Crippen LogP contribution in [0.15, 0.2) is 122 Å². The summed E-state index contributed by atoms with van der Waals surface area (Å²) >= 11 is 0. The summed E-state index contributed by atoms with van der Waals surface area (Å²) < 4.78 is 5.75. The number of para-hydroxylation sites is 1. The van der Waals surface area contributed by atoms with Crippen LogP contribution in [0.3, 0.4) is 0 Å². The van der Waals surface area contributed by atoms with E-state index in [-0.39, 0.29) is 24.1 Å². The van der Waals surface area contributed by atoms with Crippen molar-refractivity contribution in [2.75, 3.05) is 11.9 Å². The van der Waals surface area contributed by atoms with E-state index in [1.807, 2.05) is 83.9 Å². The third-order valence-corrected chi connectivity index (χ3v) is 8.67. The summed E-state index contributed by atoms with van der Waals surface area (Å²) in [6.07, 6.45) is 5.47. The smallest absolute Gasteiger partial charge is 0.238 e. The minimum atomic E-state index is -1.37. The molecule has 1 saturated heterocycles. The summed E-state index contributed by atoms with van der Waals surface area (Å²) in [4.78, 5) is 45.9. The second-order valence-electron chi connectivity index (χ2n) is 10.8. The molecule has 1 spiro atoms. The molecule has 0 radical (unpaired) electrons. The number of ether oxygens (including phenoxy) is 1. The molecule has 3 aliphatic heterocycles. The highest BCUT2D eigenvalue weighted by Gasteiger charge is 2.70. The molecule has 3 aliphatic rings. The topological polar surface area (TPSA) is 75.7 Å². The quantitative estimate of drug-likeness (QED) is 0.217. The number of nitrogens with zero attached hydrogens (tertiary/aromatic N) is 1. The zero-order valence-electron chi connectivity index (χ0n) is 22.8. The predicted molar refractivity (Wildman–Crippen MR) is 161 cm³/mol. The third kappa shape index (κ3) is 3.68. The summed E-state index contributed by atoms with van der Waals surface area (Å²) in [5.74, 6) is -1.32. The first-order valence-corrected chi connectivity index (χ1v) is 14.0. The van der Waals surface area contributed by atoms with Gasteiger partial charge in [-0.2, -0.15) is 0 Å². The average molecular weight is 553 g/mol. The van der Waals surface area contributed by atoms with Crippen molar-refractivity contribution in [3.05, 3.63) is 150 Å². The van der Waals surface area contributed by atoms with Crippen LogP contribution in [0.4, 0.5) is 5.69 Å². The largest absolute Gasteiger partial charge is 0.490 e. The maximum Gasteiger partial charge on any atom is 0.238 e. The predicted octanol–water partition coefficient (Wildman–Crippen LogP) is 6.23. The molecule has 4 atom stereocenters. The number of benzene rings is 4. The number of hydrogen-bond acceptors (Lipinski definition) is 5. The van der Waals surface area contributed by atoms with Gasteiger partial charge in [0.25, 0.3) is 0 Å². The van der Waals surface area contributed by atoms with Crippen LogP contribution in [0.2, 0.25) is 0 Å². The monoisotopic (exact) mass is 552 g/mol. The zero-order chi connectivity index (χ0) is 28.8. The fourth-order valence-corrected chi connectivity index (χ4v) is 7.01. The zero-order valence-corrected chi connectivity index (χ0v) is 22.8. The lowest BCUT2D eigenvalue weighted by Gasteiger charge is -2.38. The van der Waals surface area contributed by atoms with Crippen LogP contribution < -0.4 is 10.1 Å². The molecule has 4 aromatic rings. The van der Waals surface area contributed by atoms with Crippen molar-refractivity contribution >= 4 is 29.2 Å². The van der Waals surface area contributed by atoms with Gasteiger partial charge in [0.05, 0.1) is 12.0 Å². The van der Waals surface area contributed by atoms with Gasteiger partial charge in [-0.3, -0.25) is 14.4 Å². The fraction of sp³-hybridized carbons (Fsp3) is 0.139. The van der Waals surface area contributed by atoms with Gasteiger partial charge < -0.3 is 15.0 Å². The Morgan fingerprint density at radius 1 is 0.881 bits per heavy atom. The lowest BCUT2D eigenvalue weighted by molar-refractivity contribution is -0.122. The van der Waals surface area contributed by atoms with Crippen molar-refractivity contribution in [3.63, 3.8) is 0 Å². The third-order valence-electron chi connectivity index (χ3n) is 8.67. The van der Waals surface area contributed by atoms with E-state index in [1.165, 1.54) is 0 Å². The minimum absolute atomic E-state index is 0.212. The molecule has 0 unspecified atom stereocenters. The molecule has 7 rings (SSSR count). The van der Waals surface area contributed by atoms with Crippen LogP contribution >= 0.6 is 0 Å².